The van der Waals surface area contributed by atoms with Crippen LogP contribution < -0.4 is 5.32 Å². The summed E-state index contributed by atoms with van der Waals surface area (Å²) in [4.78, 5) is 0.197. The highest BCUT2D eigenvalue weighted by atomic mass is 32.2. The van der Waals surface area contributed by atoms with Crippen LogP contribution in [0.1, 0.15) is 24.5 Å². The molecule has 3 rings (SSSR count). The zero-order chi connectivity index (χ0) is 20.2. The Morgan fingerprint density at radius 2 is 1.64 bits per heavy atom. The zero-order valence-electron chi connectivity index (χ0n) is 16.0. The number of hydrogen-bond acceptors (Lipinski definition) is 5. The van der Waals surface area contributed by atoms with Crippen LogP contribution in [0, 0.1) is 0 Å². The number of sulfone groups is 2. The smallest absolute Gasteiger partial charge is 0.183 e. The van der Waals surface area contributed by atoms with Crippen LogP contribution >= 0.6 is 0 Å². The van der Waals surface area contributed by atoms with Gasteiger partial charge in [0.15, 0.2) is 19.7 Å². The molecule has 2 aromatic carbocycles. The van der Waals surface area contributed by atoms with Gasteiger partial charge in [-0.3, -0.25) is 0 Å². The second-order valence-corrected chi connectivity index (χ2v) is 11.6. The highest BCUT2D eigenvalue weighted by Crippen LogP contribution is 2.26. The molecular formula is C21H27NO4S2. The quantitative estimate of drug-likeness (QED) is 0.662. The summed E-state index contributed by atoms with van der Waals surface area (Å²) in [6.07, 6.45) is 2.51. The van der Waals surface area contributed by atoms with E-state index in [1.165, 1.54) is 5.56 Å². The first kappa shape index (κ1) is 21.0. The molecule has 0 radical (unpaired) electrons. The Morgan fingerprint density at radius 1 is 0.964 bits per heavy atom. The molecule has 0 bridgehead atoms. The van der Waals surface area contributed by atoms with Gasteiger partial charge in [-0.15, -0.1) is 0 Å². The van der Waals surface area contributed by atoms with Crippen molar-refractivity contribution >= 4 is 19.7 Å². The lowest BCUT2D eigenvalue weighted by Gasteiger charge is -2.20. The predicted molar refractivity (Wildman–Crippen MR) is 112 cm³/mol. The van der Waals surface area contributed by atoms with E-state index in [2.05, 4.69) is 5.32 Å². The molecule has 2 atom stereocenters. The molecule has 0 amide bonds. The third kappa shape index (κ3) is 5.01. The molecule has 1 fully saturated rings. The largest absolute Gasteiger partial charge is 0.312 e. The third-order valence-corrected chi connectivity index (χ3v) is 9.42. The molecule has 2 unspecified atom stereocenters. The molecule has 7 heteroatoms. The summed E-state index contributed by atoms with van der Waals surface area (Å²) in [5, 5.41) is 2.25. The Labute approximate surface area is 168 Å². The summed E-state index contributed by atoms with van der Waals surface area (Å²) < 4.78 is 50.5. The van der Waals surface area contributed by atoms with Crippen molar-refractivity contribution in [3.05, 3.63) is 65.7 Å². The second kappa shape index (κ2) is 8.76. The van der Waals surface area contributed by atoms with Crippen LogP contribution in [-0.2, 0) is 32.5 Å². The van der Waals surface area contributed by atoms with Gasteiger partial charge < -0.3 is 5.32 Å². The van der Waals surface area contributed by atoms with Crippen molar-refractivity contribution in [3.8, 4) is 0 Å². The minimum Gasteiger partial charge on any atom is -0.312 e. The van der Waals surface area contributed by atoms with Crippen molar-refractivity contribution in [1.82, 2.24) is 5.32 Å². The van der Waals surface area contributed by atoms with E-state index >= 15 is 0 Å². The van der Waals surface area contributed by atoms with E-state index in [0.717, 1.165) is 24.8 Å². The van der Waals surface area contributed by atoms with Crippen LogP contribution in [0.5, 0.6) is 0 Å². The topological polar surface area (TPSA) is 80.3 Å². The minimum atomic E-state index is -3.71. The fraction of sp³-hybridized carbons (Fsp3) is 0.429. The van der Waals surface area contributed by atoms with Crippen molar-refractivity contribution in [3.63, 3.8) is 0 Å². The van der Waals surface area contributed by atoms with Gasteiger partial charge in [-0.25, -0.2) is 16.8 Å². The monoisotopic (exact) mass is 421 g/mol. The lowest BCUT2D eigenvalue weighted by molar-refractivity contribution is 0.520. The molecule has 1 heterocycles. The van der Waals surface area contributed by atoms with Crippen LogP contribution in [0.15, 0.2) is 59.5 Å². The first-order chi connectivity index (χ1) is 13.3. The Bertz CT molecular complexity index is 984. The summed E-state index contributed by atoms with van der Waals surface area (Å²) in [7, 11) is -7.09. The van der Waals surface area contributed by atoms with E-state index in [0.29, 0.717) is 6.54 Å². The summed E-state index contributed by atoms with van der Waals surface area (Å²) in [5.74, 6) is -0.448. The Morgan fingerprint density at radius 3 is 2.29 bits per heavy atom. The average molecular weight is 422 g/mol. The third-order valence-electron chi connectivity index (χ3n) is 5.25. The average Bonchev–Trinajstić information content (AvgIpc) is 3.01. The van der Waals surface area contributed by atoms with Gasteiger partial charge in [0, 0.05) is 6.04 Å². The molecule has 0 aromatic heterocycles. The summed E-state index contributed by atoms with van der Waals surface area (Å²) >= 11 is 0. The predicted octanol–water partition coefficient (Wildman–Crippen LogP) is 2.41. The maximum absolute atomic E-state index is 13.1. The van der Waals surface area contributed by atoms with Gasteiger partial charge in [-0.2, -0.15) is 0 Å². The van der Waals surface area contributed by atoms with Gasteiger partial charge in [-0.1, -0.05) is 49.4 Å². The Balaban J connectivity index is 1.68. The van der Waals surface area contributed by atoms with Crippen molar-refractivity contribution in [2.45, 2.75) is 42.4 Å². The van der Waals surface area contributed by atoms with Crippen LogP contribution in [0.2, 0.25) is 0 Å². The highest BCUT2D eigenvalue weighted by molar-refractivity contribution is 7.96. The lowest BCUT2D eigenvalue weighted by Crippen LogP contribution is -2.43. The fourth-order valence-corrected chi connectivity index (χ4v) is 8.34. The molecule has 1 aliphatic heterocycles. The molecule has 0 aliphatic carbocycles. The molecule has 0 saturated carbocycles. The minimum absolute atomic E-state index is 0.130. The Hall–Kier alpha value is -1.70. The van der Waals surface area contributed by atoms with Crippen LogP contribution in [-0.4, -0.2) is 46.2 Å². The van der Waals surface area contributed by atoms with Crippen LogP contribution in [0.3, 0.4) is 0 Å². The molecule has 152 valence electrons. The standard InChI is InChI=1S/C21H27NO4S2/c1-2-17-10-12-19(13-11-17)28(25,26)21-16-27(23,24)15-20(21)22-14-6-9-18-7-4-3-5-8-18/h3-5,7-8,10-13,20-22H,2,6,9,14-16H2,1H3. The van der Waals surface area contributed by atoms with Crippen LogP contribution in [0.4, 0.5) is 0 Å². The zero-order valence-corrected chi connectivity index (χ0v) is 17.7. The molecule has 1 saturated heterocycles. The maximum atomic E-state index is 13.1. The number of hydrogen-bond donors (Lipinski definition) is 1. The van der Waals surface area contributed by atoms with Gasteiger partial charge in [0.1, 0.15) is 0 Å². The fourth-order valence-electron chi connectivity index (χ4n) is 3.63. The lowest BCUT2D eigenvalue weighted by atomic mass is 10.1. The molecule has 28 heavy (non-hydrogen) atoms. The molecule has 2 aromatic rings. The van der Waals surface area contributed by atoms with E-state index in [1.807, 2.05) is 37.3 Å². The molecule has 1 N–H and O–H groups in total. The van der Waals surface area contributed by atoms with Crippen molar-refractivity contribution in [2.24, 2.45) is 0 Å². The van der Waals surface area contributed by atoms with Crippen molar-refractivity contribution < 1.29 is 16.8 Å². The number of aryl methyl sites for hydroxylation is 2. The van der Waals surface area contributed by atoms with Gasteiger partial charge in [0.2, 0.25) is 0 Å². The SMILES string of the molecule is CCc1ccc(S(=O)(=O)C2CS(=O)(=O)CC2NCCCc2ccccc2)cc1. The molecule has 5 nitrogen and oxygen atoms in total. The van der Waals surface area contributed by atoms with E-state index in [1.54, 1.807) is 24.3 Å². The van der Waals surface area contributed by atoms with E-state index in [4.69, 9.17) is 0 Å². The first-order valence-corrected chi connectivity index (χ1v) is 13.0. The van der Waals surface area contributed by atoms with E-state index < -0.39 is 31.0 Å². The van der Waals surface area contributed by atoms with Gasteiger partial charge in [0.25, 0.3) is 0 Å². The molecule has 1 aliphatic rings. The number of rotatable bonds is 8. The van der Waals surface area contributed by atoms with Gasteiger partial charge in [-0.05, 0) is 49.1 Å². The first-order valence-electron chi connectivity index (χ1n) is 9.62. The maximum Gasteiger partial charge on any atom is 0.183 e. The highest BCUT2D eigenvalue weighted by Gasteiger charge is 2.45. The van der Waals surface area contributed by atoms with Crippen molar-refractivity contribution in [1.29, 1.82) is 0 Å². The second-order valence-electron chi connectivity index (χ2n) is 7.31. The molecule has 0 spiro atoms. The van der Waals surface area contributed by atoms with E-state index in [9.17, 15) is 16.8 Å². The summed E-state index contributed by atoms with van der Waals surface area (Å²) in [6.45, 7) is 2.58. The normalized spacial score (nSPS) is 21.6. The van der Waals surface area contributed by atoms with Gasteiger partial charge >= 0.3 is 0 Å². The summed E-state index contributed by atoms with van der Waals surface area (Å²) in [6, 6.07) is 16.2. The van der Waals surface area contributed by atoms with Crippen molar-refractivity contribution in [2.75, 3.05) is 18.1 Å². The van der Waals surface area contributed by atoms with E-state index in [-0.39, 0.29) is 16.4 Å². The number of nitrogens with one attached hydrogen (secondary N) is 1. The number of benzene rings is 2. The van der Waals surface area contributed by atoms with Crippen LogP contribution in [0.25, 0.3) is 0 Å². The Kier molecular flexibility index (Phi) is 6.58. The molecular weight excluding hydrogens is 394 g/mol. The summed E-state index contributed by atoms with van der Waals surface area (Å²) in [5.41, 5.74) is 2.26. The van der Waals surface area contributed by atoms with Gasteiger partial charge in [0.05, 0.1) is 21.7 Å².